The molecule has 0 saturated carbocycles. The van der Waals surface area contributed by atoms with Gasteiger partial charge >= 0.3 is 10.1 Å². The van der Waals surface area contributed by atoms with Crippen LogP contribution in [0, 0.1) is 6.92 Å². The van der Waals surface area contributed by atoms with Crippen LogP contribution in [0.5, 0.6) is 5.75 Å². The number of thioether (sulfide) groups is 1. The van der Waals surface area contributed by atoms with Crippen LogP contribution in [-0.2, 0) is 14.9 Å². The molecule has 0 bridgehead atoms. The van der Waals surface area contributed by atoms with Crippen LogP contribution in [0.2, 0.25) is 0 Å². The Bertz CT molecular complexity index is 979. The molecule has 0 radical (unpaired) electrons. The molecule has 0 aliphatic carbocycles. The first-order valence-electron chi connectivity index (χ1n) is 7.20. The van der Waals surface area contributed by atoms with Gasteiger partial charge in [0.25, 0.3) is 5.91 Å². The van der Waals surface area contributed by atoms with Crippen molar-refractivity contribution >= 4 is 50.4 Å². The third-order valence-electron chi connectivity index (χ3n) is 3.36. The van der Waals surface area contributed by atoms with Gasteiger partial charge < -0.3 is 9.50 Å². The Kier molecular flexibility index (Phi) is 4.94. The van der Waals surface area contributed by atoms with Crippen molar-refractivity contribution in [2.45, 2.75) is 11.8 Å². The zero-order valence-electron chi connectivity index (χ0n) is 13.1. The second kappa shape index (κ2) is 6.99. The summed E-state index contributed by atoms with van der Waals surface area (Å²) in [6.07, 6.45) is 1.55. The van der Waals surface area contributed by atoms with Crippen molar-refractivity contribution in [3.05, 3.63) is 64.6 Å². The maximum atomic E-state index is 12.5. The Hall–Kier alpha value is -2.16. The third kappa shape index (κ3) is 4.09. The Morgan fingerprint density at radius 1 is 1.12 bits per heavy atom. The third-order valence-corrected chi connectivity index (χ3v) is 5.77. The molecule has 0 atom stereocenters. The molecular weight excluding hydrogens is 378 g/mol. The summed E-state index contributed by atoms with van der Waals surface area (Å²) in [4.78, 5) is 12.2. The maximum absolute atomic E-state index is 12.5. The highest BCUT2D eigenvalue weighted by atomic mass is 32.2. The first kappa shape index (κ1) is 17.7. The van der Waals surface area contributed by atoms with Crippen molar-refractivity contribution in [2.24, 2.45) is 0 Å². The summed E-state index contributed by atoms with van der Waals surface area (Å²) in [5.74, 6) is -0.173. The molecule has 128 valence electrons. The van der Waals surface area contributed by atoms with Gasteiger partial charge in [-0.3, -0.25) is 4.79 Å². The lowest BCUT2D eigenvalue weighted by molar-refractivity contribution is -0.115. The van der Waals surface area contributed by atoms with Crippen molar-refractivity contribution in [1.82, 2.24) is 5.32 Å². The number of aryl methyl sites for hydroxylation is 1. The summed E-state index contributed by atoms with van der Waals surface area (Å²) in [6, 6.07) is 13.0. The topological polar surface area (TPSA) is 72.5 Å². The largest absolute Gasteiger partial charge is 0.378 e. The maximum Gasteiger partial charge on any atom is 0.339 e. The lowest BCUT2D eigenvalue weighted by Gasteiger charge is -2.10. The van der Waals surface area contributed by atoms with E-state index in [2.05, 4.69) is 5.32 Å². The number of carbonyl (C=O) groups is 1. The average molecular weight is 391 g/mol. The molecule has 25 heavy (non-hydrogen) atoms. The molecule has 3 rings (SSSR count). The predicted molar refractivity (Wildman–Crippen MR) is 102 cm³/mol. The predicted octanol–water partition coefficient (Wildman–Crippen LogP) is 3.25. The normalized spacial score (nSPS) is 16.1. The molecule has 1 fully saturated rings. The van der Waals surface area contributed by atoms with Crippen molar-refractivity contribution in [3.63, 3.8) is 0 Å². The van der Waals surface area contributed by atoms with E-state index < -0.39 is 10.1 Å². The first-order valence-corrected chi connectivity index (χ1v) is 9.83. The highest BCUT2D eigenvalue weighted by molar-refractivity contribution is 8.26. The van der Waals surface area contributed by atoms with Gasteiger partial charge in [-0.25, -0.2) is 0 Å². The van der Waals surface area contributed by atoms with E-state index in [1.54, 1.807) is 36.4 Å². The molecule has 1 saturated heterocycles. The fraction of sp³-hybridized carbons (Fsp3) is 0.0588. The van der Waals surface area contributed by atoms with E-state index in [9.17, 15) is 13.2 Å². The van der Waals surface area contributed by atoms with E-state index >= 15 is 0 Å². The molecule has 5 nitrogen and oxygen atoms in total. The number of carbonyl (C=O) groups excluding carboxylic acids is 1. The van der Waals surface area contributed by atoms with Crippen LogP contribution >= 0.6 is 24.0 Å². The van der Waals surface area contributed by atoms with E-state index in [0.717, 1.165) is 17.3 Å². The lowest BCUT2D eigenvalue weighted by Crippen LogP contribution is -2.17. The molecular formula is C17H13NO4S3. The lowest BCUT2D eigenvalue weighted by atomic mass is 10.2. The zero-order valence-corrected chi connectivity index (χ0v) is 15.5. The smallest absolute Gasteiger partial charge is 0.339 e. The summed E-state index contributed by atoms with van der Waals surface area (Å²) >= 11 is 6.07. The van der Waals surface area contributed by atoms with Crippen LogP contribution in [0.1, 0.15) is 11.1 Å². The number of nitrogens with one attached hydrogen (secondary N) is 1. The number of hydrogen-bond acceptors (Lipinski definition) is 6. The summed E-state index contributed by atoms with van der Waals surface area (Å²) in [7, 11) is -3.97. The van der Waals surface area contributed by atoms with Gasteiger partial charge in [-0.1, -0.05) is 59.9 Å². The number of hydrogen-bond donors (Lipinski definition) is 1. The first-order chi connectivity index (χ1) is 11.8. The van der Waals surface area contributed by atoms with E-state index in [4.69, 9.17) is 16.4 Å². The Labute approximate surface area is 155 Å². The van der Waals surface area contributed by atoms with Crippen LogP contribution in [0.3, 0.4) is 0 Å². The summed E-state index contributed by atoms with van der Waals surface area (Å²) in [6.45, 7) is 1.87. The second-order valence-electron chi connectivity index (χ2n) is 5.24. The molecule has 1 amide bonds. The standard InChI is InChI=1S/C17H13NO4S3/c1-11-6-8-13(9-7-11)25(20,21)22-14-5-3-2-4-12(14)10-15-16(19)18-17(23)24-15/h2-10H,1H3,(H,18,19,23)/b15-10-. The van der Waals surface area contributed by atoms with Gasteiger partial charge in [0.2, 0.25) is 0 Å². The van der Waals surface area contributed by atoms with E-state index in [1.165, 1.54) is 18.2 Å². The molecule has 2 aromatic carbocycles. The van der Waals surface area contributed by atoms with Gasteiger partial charge in [0, 0.05) is 5.56 Å². The molecule has 1 aliphatic heterocycles. The van der Waals surface area contributed by atoms with Gasteiger partial charge in [0.05, 0.1) is 4.91 Å². The number of thiocarbonyl (C=S) groups is 1. The highest BCUT2D eigenvalue weighted by Gasteiger charge is 2.23. The fourth-order valence-electron chi connectivity index (χ4n) is 2.11. The second-order valence-corrected chi connectivity index (χ2v) is 8.51. The van der Waals surface area contributed by atoms with Crippen LogP contribution in [0.4, 0.5) is 0 Å². The van der Waals surface area contributed by atoms with Crippen molar-refractivity contribution in [1.29, 1.82) is 0 Å². The van der Waals surface area contributed by atoms with Crippen LogP contribution in [0.15, 0.2) is 58.3 Å². The van der Waals surface area contributed by atoms with Crippen LogP contribution in [0.25, 0.3) is 6.08 Å². The summed E-state index contributed by atoms with van der Waals surface area (Å²) in [5.41, 5.74) is 1.42. The molecule has 0 spiro atoms. The fourth-order valence-corrected chi connectivity index (χ4v) is 4.10. The Balaban J connectivity index is 1.94. The zero-order chi connectivity index (χ0) is 18.0. The highest BCUT2D eigenvalue weighted by Crippen LogP contribution is 2.30. The Morgan fingerprint density at radius 2 is 1.80 bits per heavy atom. The summed E-state index contributed by atoms with van der Waals surface area (Å²) < 4.78 is 30.6. The van der Waals surface area contributed by atoms with E-state index in [1.807, 2.05) is 6.92 Å². The number of para-hydroxylation sites is 1. The molecule has 0 unspecified atom stereocenters. The minimum Gasteiger partial charge on any atom is -0.378 e. The van der Waals surface area contributed by atoms with E-state index in [-0.39, 0.29) is 16.6 Å². The van der Waals surface area contributed by atoms with Crippen molar-refractivity contribution in [2.75, 3.05) is 0 Å². The van der Waals surface area contributed by atoms with Gasteiger partial charge in [-0.15, -0.1) is 0 Å². The number of benzene rings is 2. The molecule has 2 aromatic rings. The molecule has 1 N–H and O–H groups in total. The molecule has 8 heteroatoms. The van der Waals surface area contributed by atoms with Gasteiger partial charge in [-0.05, 0) is 31.2 Å². The summed E-state index contributed by atoms with van der Waals surface area (Å²) in [5, 5.41) is 2.51. The SMILES string of the molecule is Cc1ccc(S(=O)(=O)Oc2ccccc2/C=C2\SC(=S)NC2=O)cc1. The number of amides is 1. The minimum absolute atomic E-state index is 0.0646. The van der Waals surface area contributed by atoms with Gasteiger partial charge in [0.1, 0.15) is 15.0 Å². The number of rotatable bonds is 4. The monoisotopic (exact) mass is 391 g/mol. The van der Waals surface area contributed by atoms with Crippen molar-refractivity contribution < 1.29 is 17.4 Å². The minimum atomic E-state index is -3.97. The quantitative estimate of drug-likeness (QED) is 0.490. The van der Waals surface area contributed by atoms with Gasteiger partial charge in [0.15, 0.2) is 0 Å². The molecule has 0 aromatic heterocycles. The Morgan fingerprint density at radius 3 is 2.44 bits per heavy atom. The molecule has 1 heterocycles. The van der Waals surface area contributed by atoms with Crippen molar-refractivity contribution in [3.8, 4) is 5.75 Å². The van der Waals surface area contributed by atoms with Gasteiger partial charge in [-0.2, -0.15) is 8.42 Å². The van der Waals surface area contributed by atoms with Crippen LogP contribution < -0.4 is 9.50 Å². The average Bonchev–Trinajstić information content (AvgIpc) is 2.87. The van der Waals surface area contributed by atoms with E-state index in [0.29, 0.717) is 14.8 Å². The molecule has 1 aliphatic rings. The van der Waals surface area contributed by atoms with Crippen LogP contribution in [-0.4, -0.2) is 18.6 Å².